The van der Waals surface area contributed by atoms with Gasteiger partial charge in [-0.1, -0.05) is 0 Å². The zero-order valence-corrected chi connectivity index (χ0v) is 32.0. The molecule has 202 valence electrons. The van der Waals surface area contributed by atoms with Gasteiger partial charge in [-0.05, 0) is 48.5 Å². The third-order valence-electron chi connectivity index (χ3n) is 4.55. The third kappa shape index (κ3) is 11.3. The quantitative estimate of drug-likeness (QED) is 0.116. The zero-order valence-electron chi connectivity index (χ0n) is 22.4. The Balaban J connectivity index is 0. The van der Waals surface area contributed by atoms with E-state index in [0.717, 1.165) is 12.1 Å². The van der Waals surface area contributed by atoms with Gasteiger partial charge >= 0.3 is 11.9 Å². The molecule has 0 heterocycles. The van der Waals surface area contributed by atoms with Crippen LogP contribution >= 0.6 is 0 Å². The molecule has 0 fully saturated rings. The average molecular weight is 658 g/mol. The molecule has 0 aliphatic carbocycles. The van der Waals surface area contributed by atoms with Gasteiger partial charge in [0.05, 0.1) is 22.7 Å². The summed E-state index contributed by atoms with van der Waals surface area (Å²) in [5, 5.41) is 52.8. The van der Waals surface area contributed by atoms with Crippen molar-refractivity contribution in [3.63, 3.8) is 0 Å². The molecule has 0 amide bonds. The first-order valence-electron chi connectivity index (χ1n) is 9.67. The molecule has 0 aliphatic rings. The van der Waals surface area contributed by atoms with Crippen molar-refractivity contribution < 1.29 is 56.0 Å². The van der Waals surface area contributed by atoms with E-state index in [9.17, 15) is 45.7 Å². The molecule has 42 heavy (non-hydrogen) atoms. The van der Waals surface area contributed by atoms with Crippen molar-refractivity contribution in [2.75, 3.05) is 0 Å². The number of carboxylic acid groups (broad SMARTS) is 2. The normalized spacial score (nSPS) is 11.1. The van der Waals surface area contributed by atoms with E-state index in [0.29, 0.717) is 12.1 Å². The molecule has 4 radical (unpaired) electrons. The Morgan fingerprint density at radius 1 is 0.524 bits per heavy atom. The fraction of sp³-hybridized carbons (Fsp3) is 0. The summed E-state index contributed by atoms with van der Waals surface area (Å²) in [5.74, 6) is -5.73. The Morgan fingerprint density at radius 3 is 1.02 bits per heavy atom. The first-order valence-corrected chi connectivity index (χ1v) is 12.5. The molecule has 0 spiro atoms. The number of hydrogen-bond donors (Lipinski definition) is 6. The molecule has 0 atom stereocenters. The molecule has 0 aliphatic heterocycles. The van der Waals surface area contributed by atoms with Crippen LogP contribution in [0.4, 0.5) is 22.7 Å². The number of carbonyl (C=O) groups is 2. The van der Waals surface area contributed by atoms with Crippen LogP contribution < -0.4 is 0 Å². The summed E-state index contributed by atoms with van der Waals surface area (Å²) in [7, 11) is -9.96. The van der Waals surface area contributed by atoms with E-state index in [-0.39, 0.29) is 141 Å². The Morgan fingerprint density at radius 2 is 0.786 bits per heavy atom. The van der Waals surface area contributed by atoms with Crippen LogP contribution in [0.25, 0.3) is 0 Å². The largest absolute Gasteiger partial charge is 0.506 e. The van der Waals surface area contributed by atoms with E-state index in [1.165, 1.54) is 24.3 Å². The summed E-state index contributed by atoms with van der Waals surface area (Å²) in [6, 6.07) is 8.39. The SMILES string of the molecule is O=C(O)c1cc(N=Nc2ccc(N=Nc3cc(C(=O)O)c(O)c(S(=O)(=O)O)c3)cc2)cc(S(=O)(=O)O)c1O.[Na].[Na].[Na].[Na]. The van der Waals surface area contributed by atoms with Gasteiger partial charge in [0.15, 0.2) is 11.5 Å². The van der Waals surface area contributed by atoms with Gasteiger partial charge in [0.25, 0.3) is 20.2 Å². The molecule has 3 rings (SSSR count). The number of hydrogen-bond acceptors (Lipinski definition) is 12. The third-order valence-corrected chi connectivity index (χ3v) is 6.28. The zero-order chi connectivity index (χ0) is 28.4. The summed E-state index contributed by atoms with van der Waals surface area (Å²) in [6.45, 7) is 0. The number of nitrogens with zero attached hydrogens (tertiary/aromatic N) is 4. The second kappa shape index (κ2) is 17.6. The van der Waals surface area contributed by atoms with Gasteiger partial charge in [0, 0.05) is 118 Å². The predicted molar refractivity (Wildman–Crippen MR) is 148 cm³/mol. The molecular weight excluding hydrogens is 644 g/mol. The molecular formula is C20H14N4Na4O12S2. The van der Waals surface area contributed by atoms with Crippen LogP contribution in [0.15, 0.2) is 78.8 Å². The standard InChI is InChI=1S/C20H14N4O12S2.4Na/c25-17-13(19(27)28)5-11(7-15(17)37(31,32)33)23-21-9-1-2-10(4-3-9)22-24-12-6-14(20(29)30)18(26)16(8-12)38(34,35)36;;;;/h1-8,25-26H,(H,27,28)(H,29,30)(H,31,32,33)(H,34,35,36);;;;. The Bertz CT molecular complexity index is 1620. The molecule has 0 bridgehead atoms. The van der Waals surface area contributed by atoms with E-state index in [1.807, 2.05) is 0 Å². The van der Waals surface area contributed by atoms with Crippen molar-refractivity contribution in [1.82, 2.24) is 0 Å². The number of phenols is 2. The van der Waals surface area contributed by atoms with Gasteiger partial charge in [-0.2, -0.15) is 37.3 Å². The average Bonchev–Trinajstić information content (AvgIpc) is 2.81. The van der Waals surface area contributed by atoms with Crippen molar-refractivity contribution in [1.29, 1.82) is 0 Å². The van der Waals surface area contributed by atoms with E-state index in [2.05, 4.69) is 20.5 Å². The van der Waals surface area contributed by atoms with Crippen LogP contribution in [0, 0.1) is 0 Å². The second-order valence-electron chi connectivity index (χ2n) is 7.16. The van der Waals surface area contributed by atoms with Crippen LogP contribution in [-0.4, -0.2) is 177 Å². The van der Waals surface area contributed by atoms with Gasteiger partial charge in [-0.3, -0.25) is 9.11 Å². The molecule has 16 nitrogen and oxygen atoms in total. The van der Waals surface area contributed by atoms with E-state index in [1.54, 1.807) is 0 Å². The number of azo groups is 2. The minimum Gasteiger partial charge on any atom is -0.506 e. The summed E-state index contributed by atoms with van der Waals surface area (Å²) >= 11 is 0. The van der Waals surface area contributed by atoms with Gasteiger partial charge in [-0.15, -0.1) is 0 Å². The monoisotopic (exact) mass is 658 g/mol. The Kier molecular flexibility index (Phi) is 18.2. The Hall–Kier alpha value is -0.780. The number of rotatable bonds is 8. The van der Waals surface area contributed by atoms with Gasteiger partial charge in [-0.25, -0.2) is 9.59 Å². The maximum Gasteiger partial charge on any atom is 0.339 e. The molecule has 3 aromatic rings. The van der Waals surface area contributed by atoms with Crippen molar-refractivity contribution in [2.24, 2.45) is 20.5 Å². The van der Waals surface area contributed by atoms with Crippen LogP contribution in [0.2, 0.25) is 0 Å². The number of aromatic carboxylic acids is 2. The molecule has 22 heteroatoms. The Labute approximate surface area is 326 Å². The number of aromatic hydroxyl groups is 2. The second-order valence-corrected chi connectivity index (χ2v) is 9.94. The summed E-state index contributed by atoms with van der Waals surface area (Å²) in [6.07, 6.45) is 0. The number of carboxylic acids is 2. The molecule has 6 N–H and O–H groups in total. The van der Waals surface area contributed by atoms with Crippen molar-refractivity contribution in [3.05, 3.63) is 59.7 Å². The van der Waals surface area contributed by atoms with Crippen molar-refractivity contribution in [3.8, 4) is 11.5 Å². The van der Waals surface area contributed by atoms with Gasteiger partial charge in [0.2, 0.25) is 0 Å². The molecule has 0 saturated heterocycles. The van der Waals surface area contributed by atoms with Gasteiger partial charge < -0.3 is 20.4 Å². The molecule has 3 aromatic carbocycles. The predicted octanol–water partition coefficient (Wildman–Crippen LogP) is 2.30. The van der Waals surface area contributed by atoms with Crippen LogP contribution in [0.5, 0.6) is 11.5 Å². The summed E-state index contributed by atoms with van der Waals surface area (Å²) in [5.41, 5.74) is -2.05. The minimum atomic E-state index is -4.98. The van der Waals surface area contributed by atoms with Crippen molar-refractivity contribution >= 4 is 173 Å². The smallest absolute Gasteiger partial charge is 0.339 e. The van der Waals surface area contributed by atoms with Crippen LogP contribution in [-0.2, 0) is 20.2 Å². The topological polar surface area (TPSA) is 273 Å². The van der Waals surface area contributed by atoms with E-state index >= 15 is 0 Å². The fourth-order valence-electron chi connectivity index (χ4n) is 2.84. The maximum absolute atomic E-state index is 11.4. The first-order chi connectivity index (χ1) is 17.6. The fourth-order valence-corrected chi connectivity index (χ4v) is 4.09. The van der Waals surface area contributed by atoms with E-state index < -0.39 is 64.6 Å². The van der Waals surface area contributed by atoms with Crippen LogP contribution in [0.1, 0.15) is 20.7 Å². The molecule has 0 aromatic heterocycles. The van der Waals surface area contributed by atoms with Gasteiger partial charge in [0.1, 0.15) is 20.9 Å². The first kappa shape index (κ1) is 43.3. The minimum absolute atomic E-state index is 0. The molecule has 0 unspecified atom stereocenters. The summed E-state index contributed by atoms with van der Waals surface area (Å²) < 4.78 is 64.1. The van der Waals surface area contributed by atoms with E-state index in [4.69, 9.17) is 10.2 Å². The molecule has 0 saturated carbocycles. The van der Waals surface area contributed by atoms with Crippen molar-refractivity contribution in [2.45, 2.75) is 9.79 Å². The number of benzene rings is 3. The van der Waals surface area contributed by atoms with Crippen LogP contribution in [0.3, 0.4) is 0 Å². The summed E-state index contributed by atoms with van der Waals surface area (Å²) in [4.78, 5) is 20.3. The maximum atomic E-state index is 11.4.